The molecule has 0 atom stereocenters. The Labute approximate surface area is 288 Å². The van der Waals surface area contributed by atoms with E-state index in [-0.39, 0.29) is 23.3 Å². The number of nitrogen functional groups attached to an aromatic ring is 1. The van der Waals surface area contributed by atoms with Gasteiger partial charge in [-0.15, -0.1) is 0 Å². The van der Waals surface area contributed by atoms with Gasteiger partial charge in [-0.3, -0.25) is 19.0 Å². The molecule has 1 fully saturated rings. The first-order chi connectivity index (χ1) is 24.2. The number of para-hydroxylation sites is 1. The first-order valence-electron chi connectivity index (χ1n) is 16.6. The van der Waals surface area contributed by atoms with E-state index in [9.17, 15) is 14.4 Å². The summed E-state index contributed by atoms with van der Waals surface area (Å²) in [4.78, 5) is 55.1. The topological polar surface area (TPSA) is 167 Å². The van der Waals surface area contributed by atoms with Gasteiger partial charge in [-0.1, -0.05) is 56.3 Å². The van der Waals surface area contributed by atoms with Gasteiger partial charge in [-0.2, -0.15) is 5.10 Å². The number of rotatable bonds is 7. The van der Waals surface area contributed by atoms with Gasteiger partial charge in [-0.05, 0) is 55.2 Å². The molecule has 7 rings (SSSR count). The number of primary amides is 1. The number of pyridine rings is 1. The Balaban J connectivity index is 1.35. The molecule has 5 heterocycles. The molecule has 0 radical (unpaired) electrons. The fourth-order valence-corrected chi connectivity index (χ4v) is 7.08. The largest absolute Gasteiger partial charge is 0.382 e. The van der Waals surface area contributed by atoms with Crippen LogP contribution in [0.25, 0.3) is 44.8 Å². The zero-order valence-electron chi connectivity index (χ0n) is 28.1. The molecular weight excluding hydrogens is 630 g/mol. The number of anilines is 1. The smallest absolute Gasteiger partial charge is 0.268 e. The van der Waals surface area contributed by atoms with Crippen LogP contribution in [0.15, 0.2) is 90.2 Å². The lowest BCUT2D eigenvalue weighted by Crippen LogP contribution is -2.40. The maximum Gasteiger partial charge on any atom is 0.268 e. The van der Waals surface area contributed by atoms with Gasteiger partial charge in [0, 0.05) is 71.1 Å². The van der Waals surface area contributed by atoms with Gasteiger partial charge < -0.3 is 16.4 Å². The van der Waals surface area contributed by atoms with Crippen molar-refractivity contribution in [2.24, 2.45) is 11.7 Å². The highest BCUT2D eigenvalue weighted by molar-refractivity contribution is 6.04. The molecule has 2 aromatic carbocycles. The van der Waals surface area contributed by atoms with E-state index in [0.29, 0.717) is 58.3 Å². The summed E-state index contributed by atoms with van der Waals surface area (Å²) in [7, 11) is 0. The van der Waals surface area contributed by atoms with E-state index >= 15 is 0 Å². The van der Waals surface area contributed by atoms with Gasteiger partial charge in [0.1, 0.15) is 17.4 Å². The molecule has 4 aromatic heterocycles. The first kappa shape index (κ1) is 32.4. The van der Waals surface area contributed by atoms with Crippen LogP contribution < -0.4 is 17.0 Å². The van der Waals surface area contributed by atoms with E-state index in [1.165, 1.54) is 10.9 Å². The zero-order valence-corrected chi connectivity index (χ0v) is 28.1. The number of aromatic nitrogens is 6. The van der Waals surface area contributed by atoms with E-state index in [1.54, 1.807) is 30.6 Å². The standard InChI is InChI=1S/C38H37N9O3/c1-22(2)37(49)45-18-14-25(15-19-45)29-20-28(33-34(39)43-21-44-47(29)33)24-10-12-26(13-11-24)31-30(36-41-16-7-17-42-36)23(3)46(27-8-5-4-6-9-27)38(50)32(31)35(40)48/h4-13,16-17,20-22,25H,14-15,18-19H2,1-3H3,(H2,40,48)(H2,39,43,44). The van der Waals surface area contributed by atoms with Crippen LogP contribution in [-0.4, -0.2) is 58.9 Å². The summed E-state index contributed by atoms with van der Waals surface area (Å²) in [5.41, 5.74) is 17.7. The van der Waals surface area contributed by atoms with Crippen LogP contribution in [0.4, 0.5) is 5.82 Å². The second-order valence-electron chi connectivity index (χ2n) is 12.8. The van der Waals surface area contributed by atoms with Crippen molar-refractivity contribution >= 4 is 23.1 Å². The predicted molar refractivity (Wildman–Crippen MR) is 192 cm³/mol. The van der Waals surface area contributed by atoms with Crippen molar-refractivity contribution in [2.75, 3.05) is 18.8 Å². The molecule has 4 N–H and O–H groups in total. The molecule has 50 heavy (non-hydrogen) atoms. The molecule has 12 nitrogen and oxygen atoms in total. The normalized spacial score (nSPS) is 13.6. The van der Waals surface area contributed by atoms with Crippen LogP contribution in [0.2, 0.25) is 0 Å². The van der Waals surface area contributed by atoms with Crippen molar-refractivity contribution in [1.29, 1.82) is 0 Å². The molecule has 6 aromatic rings. The van der Waals surface area contributed by atoms with Gasteiger partial charge in [-0.25, -0.2) is 19.5 Å². The summed E-state index contributed by atoms with van der Waals surface area (Å²) < 4.78 is 3.34. The summed E-state index contributed by atoms with van der Waals surface area (Å²) in [5.74, 6) is 0.146. The third kappa shape index (κ3) is 5.58. The molecule has 252 valence electrons. The average molecular weight is 668 g/mol. The summed E-state index contributed by atoms with van der Waals surface area (Å²) in [6, 6.07) is 20.4. The molecule has 1 saturated heterocycles. The number of piperidine rings is 1. The number of benzene rings is 2. The molecule has 0 spiro atoms. The Hall–Kier alpha value is -6.17. The quantitative estimate of drug-likeness (QED) is 0.239. The predicted octanol–water partition coefficient (Wildman–Crippen LogP) is 5.02. The van der Waals surface area contributed by atoms with Crippen molar-refractivity contribution in [3.63, 3.8) is 0 Å². The van der Waals surface area contributed by atoms with Crippen LogP contribution in [0.5, 0.6) is 0 Å². The Morgan fingerprint density at radius 3 is 2.18 bits per heavy atom. The highest BCUT2D eigenvalue weighted by Crippen LogP contribution is 2.39. The van der Waals surface area contributed by atoms with Gasteiger partial charge >= 0.3 is 0 Å². The second-order valence-corrected chi connectivity index (χ2v) is 12.8. The van der Waals surface area contributed by atoms with Crippen LogP contribution in [0.1, 0.15) is 54.4 Å². The van der Waals surface area contributed by atoms with Crippen molar-refractivity contribution in [2.45, 2.75) is 39.5 Å². The molecule has 0 unspecified atom stereocenters. The minimum absolute atomic E-state index is 0.0390. The average Bonchev–Trinajstić information content (AvgIpc) is 3.53. The fourth-order valence-electron chi connectivity index (χ4n) is 7.08. The van der Waals surface area contributed by atoms with Crippen LogP contribution in [0.3, 0.4) is 0 Å². The minimum atomic E-state index is -0.856. The third-order valence-electron chi connectivity index (χ3n) is 9.48. The Kier molecular flexibility index (Phi) is 8.44. The highest BCUT2D eigenvalue weighted by atomic mass is 16.2. The highest BCUT2D eigenvalue weighted by Gasteiger charge is 2.30. The van der Waals surface area contributed by atoms with E-state index in [2.05, 4.69) is 26.1 Å². The van der Waals surface area contributed by atoms with Gasteiger partial charge in [0.25, 0.3) is 11.5 Å². The first-order valence-corrected chi connectivity index (χ1v) is 16.6. The van der Waals surface area contributed by atoms with Gasteiger partial charge in [0.15, 0.2) is 11.6 Å². The summed E-state index contributed by atoms with van der Waals surface area (Å²) in [6.07, 6.45) is 6.30. The number of fused-ring (bicyclic) bond motifs is 1. The summed E-state index contributed by atoms with van der Waals surface area (Å²) in [6.45, 7) is 7.02. The molecule has 1 aliphatic rings. The van der Waals surface area contributed by atoms with E-state index in [0.717, 1.165) is 29.7 Å². The van der Waals surface area contributed by atoms with Crippen molar-refractivity contribution < 1.29 is 9.59 Å². The van der Waals surface area contributed by atoms with Crippen molar-refractivity contribution in [3.8, 4) is 39.3 Å². The molecule has 0 aliphatic carbocycles. The number of carbonyl (C=O) groups is 2. The Morgan fingerprint density at radius 1 is 0.880 bits per heavy atom. The molecule has 0 bridgehead atoms. The molecular formula is C38H37N9O3. The van der Waals surface area contributed by atoms with Crippen molar-refractivity contribution in [3.05, 3.63) is 113 Å². The summed E-state index contributed by atoms with van der Waals surface area (Å²) >= 11 is 0. The van der Waals surface area contributed by atoms with Crippen molar-refractivity contribution in [1.82, 2.24) is 34.0 Å². The summed E-state index contributed by atoms with van der Waals surface area (Å²) in [5, 5.41) is 4.58. The third-order valence-corrected chi connectivity index (χ3v) is 9.48. The van der Waals surface area contributed by atoms with Crippen LogP contribution >= 0.6 is 0 Å². The second kappa shape index (κ2) is 13.0. The van der Waals surface area contributed by atoms with E-state index in [4.69, 9.17) is 11.5 Å². The maximum atomic E-state index is 14.1. The lowest BCUT2D eigenvalue weighted by Gasteiger charge is -2.33. The number of carbonyl (C=O) groups excluding carboxylic acids is 2. The zero-order chi connectivity index (χ0) is 35.1. The number of hydrogen-bond donors (Lipinski definition) is 2. The van der Waals surface area contributed by atoms with Gasteiger partial charge in [0.2, 0.25) is 5.91 Å². The number of nitrogens with zero attached hydrogens (tertiary/aromatic N) is 7. The lowest BCUT2D eigenvalue weighted by atomic mass is 9.91. The number of hydrogen-bond acceptors (Lipinski definition) is 8. The number of amides is 2. The monoisotopic (exact) mass is 667 g/mol. The lowest BCUT2D eigenvalue weighted by molar-refractivity contribution is -0.135. The Bertz CT molecular complexity index is 2290. The van der Waals surface area contributed by atoms with Gasteiger partial charge in [0.05, 0.1) is 0 Å². The molecule has 0 saturated carbocycles. The number of nitrogens with two attached hydrogens (primary N) is 2. The fraction of sp³-hybridized carbons (Fsp3) is 0.237. The van der Waals surface area contributed by atoms with E-state index < -0.39 is 11.5 Å². The molecule has 1 aliphatic heterocycles. The number of likely N-dealkylation sites (tertiary alicyclic amines) is 1. The minimum Gasteiger partial charge on any atom is -0.382 e. The Morgan fingerprint density at radius 2 is 1.54 bits per heavy atom. The molecule has 2 amide bonds. The SMILES string of the molecule is Cc1c(-c2ncccn2)c(-c2ccc(-c3cc(C4CCN(C(=O)C(C)C)CC4)n4ncnc(N)c34)cc2)c(C(N)=O)c(=O)n1-c1ccccc1. The van der Waals surface area contributed by atoms with E-state index in [1.807, 2.05) is 72.7 Å². The molecule has 12 heteroatoms. The van der Waals surface area contributed by atoms with Crippen LogP contribution in [0, 0.1) is 12.8 Å². The maximum absolute atomic E-state index is 14.1. The van der Waals surface area contributed by atoms with Crippen LogP contribution in [-0.2, 0) is 4.79 Å².